The van der Waals surface area contributed by atoms with Crippen LogP contribution < -0.4 is 0 Å². The average Bonchev–Trinajstić information content (AvgIpc) is 2.74. The van der Waals surface area contributed by atoms with Crippen LogP contribution in [0, 0.1) is 5.92 Å². The van der Waals surface area contributed by atoms with E-state index in [1.54, 1.807) is 0 Å². The Bertz CT molecular complexity index is 581. The highest BCUT2D eigenvalue weighted by molar-refractivity contribution is 9.11. The van der Waals surface area contributed by atoms with Gasteiger partial charge in [0.2, 0.25) is 0 Å². The largest absolute Gasteiger partial charge is 0.388 e. The van der Waals surface area contributed by atoms with E-state index in [0.717, 1.165) is 26.9 Å². The fourth-order valence-corrected chi connectivity index (χ4v) is 2.66. The molecule has 0 unspecified atom stereocenters. The molecule has 1 aromatic heterocycles. The standard InChI is InChI=1S/C13H15Br2N3O/c1-8(2)6-18-12(7-19)16-17-13(18)10-5-9(14)3-4-11(10)15/h3-5,8,19H,6-7H2,1-2H3. The number of nitrogens with zero attached hydrogens (tertiary/aromatic N) is 3. The van der Waals surface area contributed by atoms with Crippen LogP contribution in [0.1, 0.15) is 19.7 Å². The highest BCUT2D eigenvalue weighted by Crippen LogP contribution is 2.30. The number of aliphatic hydroxyl groups excluding tert-OH is 1. The van der Waals surface area contributed by atoms with E-state index in [9.17, 15) is 5.11 Å². The molecule has 0 amide bonds. The average molecular weight is 389 g/mol. The molecule has 0 spiro atoms. The van der Waals surface area contributed by atoms with Crippen molar-refractivity contribution in [1.29, 1.82) is 0 Å². The summed E-state index contributed by atoms with van der Waals surface area (Å²) in [4.78, 5) is 0. The van der Waals surface area contributed by atoms with Crippen molar-refractivity contribution in [1.82, 2.24) is 14.8 Å². The van der Waals surface area contributed by atoms with Crippen LogP contribution in [0.25, 0.3) is 11.4 Å². The summed E-state index contributed by atoms with van der Waals surface area (Å²) in [5, 5.41) is 17.6. The number of halogens is 2. The predicted octanol–water partition coefficient (Wildman–Crippen LogP) is 3.62. The van der Waals surface area contributed by atoms with Crippen LogP contribution in [-0.2, 0) is 13.2 Å². The maximum absolute atomic E-state index is 9.37. The normalized spacial score (nSPS) is 11.3. The number of hydrogen-bond donors (Lipinski definition) is 1. The molecule has 0 bridgehead atoms. The van der Waals surface area contributed by atoms with E-state index < -0.39 is 0 Å². The first-order valence-electron chi connectivity index (χ1n) is 6.01. The third-order valence-corrected chi connectivity index (χ3v) is 3.87. The minimum absolute atomic E-state index is 0.106. The van der Waals surface area contributed by atoms with Gasteiger partial charge in [-0.1, -0.05) is 45.7 Å². The summed E-state index contributed by atoms with van der Waals surface area (Å²) in [6.07, 6.45) is 0. The number of aromatic nitrogens is 3. The van der Waals surface area contributed by atoms with Gasteiger partial charge >= 0.3 is 0 Å². The van der Waals surface area contributed by atoms with Gasteiger partial charge in [0.25, 0.3) is 0 Å². The van der Waals surface area contributed by atoms with Crippen molar-refractivity contribution in [3.63, 3.8) is 0 Å². The zero-order chi connectivity index (χ0) is 14.0. The Morgan fingerprint density at radius 1 is 1.26 bits per heavy atom. The molecule has 102 valence electrons. The zero-order valence-electron chi connectivity index (χ0n) is 10.8. The molecule has 0 saturated heterocycles. The molecule has 6 heteroatoms. The summed E-state index contributed by atoms with van der Waals surface area (Å²) in [6, 6.07) is 5.92. The van der Waals surface area contributed by atoms with Gasteiger partial charge in [0.1, 0.15) is 6.61 Å². The third kappa shape index (κ3) is 3.24. The summed E-state index contributed by atoms with van der Waals surface area (Å²) in [5.74, 6) is 1.81. The third-order valence-electron chi connectivity index (χ3n) is 2.69. The van der Waals surface area contributed by atoms with Crippen molar-refractivity contribution < 1.29 is 5.11 Å². The Kier molecular flexibility index (Phi) is 4.76. The van der Waals surface area contributed by atoms with E-state index in [0.29, 0.717) is 11.7 Å². The molecule has 19 heavy (non-hydrogen) atoms. The van der Waals surface area contributed by atoms with Crippen LogP contribution >= 0.6 is 31.9 Å². The lowest BCUT2D eigenvalue weighted by Gasteiger charge is -2.12. The van der Waals surface area contributed by atoms with E-state index in [-0.39, 0.29) is 6.61 Å². The first-order valence-corrected chi connectivity index (χ1v) is 7.60. The van der Waals surface area contributed by atoms with E-state index in [4.69, 9.17) is 0 Å². The molecule has 0 aliphatic heterocycles. The lowest BCUT2D eigenvalue weighted by molar-refractivity contribution is 0.262. The van der Waals surface area contributed by atoms with E-state index in [1.807, 2.05) is 22.8 Å². The fourth-order valence-electron chi connectivity index (χ4n) is 1.88. The van der Waals surface area contributed by atoms with Crippen molar-refractivity contribution in [2.45, 2.75) is 27.0 Å². The molecule has 0 fully saturated rings. The van der Waals surface area contributed by atoms with Gasteiger partial charge in [-0.05, 0) is 24.1 Å². The highest BCUT2D eigenvalue weighted by atomic mass is 79.9. The summed E-state index contributed by atoms with van der Waals surface area (Å²) >= 11 is 7.00. The van der Waals surface area contributed by atoms with E-state index >= 15 is 0 Å². The maximum Gasteiger partial charge on any atom is 0.165 e. The van der Waals surface area contributed by atoms with Gasteiger partial charge in [-0.2, -0.15) is 0 Å². The summed E-state index contributed by atoms with van der Waals surface area (Å²) < 4.78 is 3.91. The minimum atomic E-state index is -0.106. The smallest absolute Gasteiger partial charge is 0.165 e. The molecule has 1 heterocycles. The molecule has 0 atom stereocenters. The monoisotopic (exact) mass is 387 g/mol. The molecule has 1 aromatic carbocycles. The van der Waals surface area contributed by atoms with Crippen molar-refractivity contribution in [2.75, 3.05) is 0 Å². The molecule has 0 saturated carbocycles. The quantitative estimate of drug-likeness (QED) is 0.870. The summed E-state index contributed by atoms with van der Waals surface area (Å²) in [6.45, 7) is 4.92. The highest BCUT2D eigenvalue weighted by Gasteiger charge is 2.16. The van der Waals surface area contributed by atoms with Gasteiger partial charge in [0.15, 0.2) is 11.6 Å². The Labute approximate surface area is 129 Å². The molecular weight excluding hydrogens is 374 g/mol. The Balaban J connectivity index is 2.55. The maximum atomic E-state index is 9.37. The van der Waals surface area contributed by atoms with E-state index in [2.05, 4.69) is 55.9 Å². The number of rotatable bonds is 4. The van der Waals surface area contributed by atoms with Gasteiger partial charge in [0.05, 0.1) is 0 Å². The molecule has 2 aromatic rings. The Hall–Kier alpha value is -0.720. The SMILES string of the molecule is CC(C)Cn1c(CO)nnc1-c1cc(Br)ccc1Br. The lowest BCUT2D eigenvalue weighted by atomic mass is 10.2. The summed E-state index contributed by atoms with van der Waals surface area (Å²) in [7, 11) is 0. The molecule has 4 nitrogen and oxygen atoms in total. The Morgan fingerprint density at radius 3 is 2.63 bits per heavy atom. The first-order chi connectivity index (χ1) is 9.02. The van der Waals surface area contributed by atoms with Crippen molar-refractivity contribution in [3.8, 4) is 11.4 Å². The lowest BCUT2D eigenvalue weighted by Crippen LogP contribution is -2.10. The van der Waals surface area contributed by atoms with Gasteiger partial charge < -0.3 is 9.67 Å². The summed E-state index contributed by atoms with van der Waals surface area (Å²) in [5.41, 5.74) is 0.960. The molecule has 1 N–H and O–H groups in total. The van der Waals surface area contributed by atoms with E-state index in [1.165, 1.54) is 0 Å². The molecule has 2 rings (SSSR count). The van der Waals surface area contributed by atoms with Crippen LogP contribution in [0.3, 0.4) is 0 Å². The fraction of sp³-hybridized carbons (Fsp3) is 0.385. The molecule has 0 radical (unpaired) electrons. The second-order valence-electron chi connectivity index (χ2n) is 4.73. The van der Waals surface area contributed by atoms with Crippen LogP contribution in [-0.4, -0.2) is 19.9 Å². The van der Waals surface area contributed by atoms with Crippen LogP contribution in [0.15, 0.2) is 27.1 Å². The number of aliphatic hydroxyl groups is 1. The minimum Gasteiger partial charge on any atom is -0.388 e. The molecular formula is C13H15Br2N3O. The molecule has 0 aliphatic rings. The number of benzene rings is 1. The van der Waals surface area contributed by atoms with Gasteiger partial charge in [-0.3, -0.25) is 0 Å². The second-order valence-corrected chi connectivity index (χ2v) is 6.50. The first kappa shape index (κ1) is 14.7. The van der Waals surface area contributed by atoms with Crippen LogP contribution in [0.2, 0.25) is 0 Å². The second kappa shape index (κ2) is 6.15. The zero-order valence-corrected chi connectivity index (χ0v) is 13.9. The number of hydrogen-bond acceptors (Lipinski definition) is 3. The van der Waals surface area contributed by atoms with Gasteiger partial charge in [-0.25, -0.2) is 0 Å². The molecule has 0 aliphatic carbocycles. The van der Waals surface area contributed by atoms with Gasteiger partial charge in [-0.15, -0.1) is 10.2 Å². The Morgan fingerprint density at radius 2 is 2.00 bits per heavy atom. The van der Waals surface area contributed by atoms with Crippen molar-refractivity contribution in [2.24, 2.45) is 5.92 Å². The van der Waals surface area contributed by atoms with Gasteiger partial charge in [0, 0.05) is 21.1 Å². The topological polar surface area (TPSA) is 50.9 Å². The van der Waals surface area contributed by atoms with Crippen molar-refractivity contribution >= 4 is 31.9 Å². The van der Waals surface area contributed by atoms with Crippen LogP contribution in [0.5, 0.6) is 0 Å². The van der Waals surface area contributed by atoms with Crippen molar-refractivity contribution in [3.05, 3.63) is 33.0 Å². The van der Waals surface area contributed by atoms with Crippen LogP contribution in [0.4, 0.5) is 0 Å². The predicted molar refractivity (Wildman–Crippen MR) is 81.6 cm³/mol.